The molecule has 3 aliphatic carbocycles. The number of aromatic hydroxyl groups is 1. The largest absolute Gasteiger partial charge is 0.508 e. The van der Waals surface area contributed by atoms with Crippen molar-refractivity contribution in [3.63, 3.8) is 0 Å². The van der Waals surface area contributed by atoms with Crippen LogP contribution in [-0.2, 0) is 33.8 Å². The molecule has 0 bridgehead atoms. The maximum atomic E-state index is 14.2. The van der Waals surface area contributed by atoms with Gasteiger partial charge >= 0.3 is 0 Å². The molecule has 258 valence electrons. The Hall–Kier alpha value is -4.40. The fourth-order valence-electron chi connectivity index (χ4n) is 7.55. The van der Waals surface area contributed by atoms with Gasteiger partial charge in [0.05, 0.1) is 11.6 Å². The van der Waals surface area contributed by atoms with Gasteiger partial charge in [-0.15, -0.1) is 0 Å². The zero-order chi connectivity index (χ0) is 35.6. The second-order valence-corrected chi connectivity index (χ2v) is 13.3. The van der Waals surface area contributed by atoms with E-state index in [9.17, 15) is 48.0 Å². The van der Waals surface area contributed by atoms with Crippen LogP contribution in [0, 0.1) is 29.3 Å². The van der Waals surface area contributed by atoms with E-state index >= 15 is 0 Å². The minimum absolute atomic E-state index is 0.0173. The molecule has 5 rings (SSSR count). The Morgan fingerprint density at radius 2 is 1.65 bits per heavy atom. The molecule has 1 saturated carbocycles. The molecule has 0 heterocycles. The van der Waals surface area contributed by atoms with E-state index in [1.807, 2.05) is 0 Å². The zero-order valence-electron chi connectivity index (χ0n) is 27.3. The molecule has 1 amide bonds. The number of fused-ring (bicyclic) bond motifs is 3. The van der Waals surface area contributed by atoms with Gasteiger partial charge in [-0.1, -0.05) is 0 Å². The van der Waals surface area contributed by atoms with Crippen molar-refractivity contribution in [3.05, 3.63) is 74.8 Å². The quantitative estimate of drug-likeness (QED) is 0.250. The Kier molecular flexibility index (Phi) is 9.14. The van der Waals surface area contributed by atoms with E-state index in [-0.39, 0.29) is 48.3 Å². The number of likely N-dealkylation sites (N-methyl/N-ethyl adjacent to an activating group) is 1. The Morgan fingerprint density at radius 3 is 2.21 bits per heavy atom. The fraction of sp³-hybridized carbons (Fsp3) is 0.441. The molecular weight excluding hydrogens is 633 g/mol. The van der Waals surface area contributed by atoms with Gasteiger partial charge in [0.25, 0.3) is 5.91 Å². The molecule has 0 aliphatic heterocycles. The van der Waals surface area contributed by atoms with Crippen molar-refractivity contribution < 1.29 is 48.0 Å². The number of carbonyl (C=O) groups is 3. The number of benzene rings is 2. The average molecular weight is 673 g/mol. The summed E-state index contributed by atoms with van der Waals surface area (Å²) in [7, 11) is 8.25. The first-order valence-corrected chi connectivity index (χ1v) is 15.4. The number of aliphatic hydroxyl groups excluding tert-OH is 2. The Morgan fingerprint density at radius 1 is 1.02 bits per heavy atom. The molecular formula is C34H39F3N4O7. The molecule has 48 heavy (non-hydrogen) atoms. The maximum Gasteiger partial charge on any atom is 0.255 e. The number of nitrogens with zero attached hydrogens (tertiary/aromatic N) is 3. The van der Waals surface area contributed by atoms with Crippen LogP contribution < -0.4 is 10.6 Å². The second kappa shape index (κ2) is 12.6. The van der Waals surface area contributed by atoms with Gasteiger partial charge in [0.15, 0.2) is 11.4 Å². The van der Waals surface area contributed by atoms with Crippen molar-refractivity contribution >= 4 is 28.9 Å². The summed E-state index contributed by atoms with van der Waals surface area (Å²) in [6.07, 6.45) is 0.772. The standard InChI is InChI=1S/C34H39F3N4O7/c1-39(2)23-11-15(7-6-8-41(5)14-19-21(36)12-17(35)13-22(19)37)28(42)25-18(23)9-16-10-20-27(40(3)4)30(44)26(33(38)47)32(46)34(20,48)31(45)24(16)29(25)43/h11-13,16,20,27,42-43,46,48H,6-10,14H2,1-5H3,(H2,38,47)/t16?,20?,27-,34-/m0/s1. The van der Waals surface area contributed by atoms with Crippen molar-refractivity contribution in [2.24, 2.45) is 17.6 Å². The molecule has 0 aromatic heterocycles. The third-order valence-electron chi connectivity index (χ3n) is 9.78. The van der Waals surface area contributed by atoms with Gasteiger partial charge in [-0.2, -0.15) is 0 Å². The van der Waals surface area contributed by atoms with Crippen LogP contribution in [-0.4, -0.2) is 101 Å². The summed E-state index contributed by atoms with van der Waals surface area (Å²) in [6, 6.07) is 1.81. The number of carbonyl (C=O) groups excluding carboxylic acids is 3. The molecule has 11 nitrogen and oxygen atoms in total. The van der Waals surface area contributed by atoms with E-state index in [1.54, 1.807) is 37.0 Å². The van der Waals surface area contributed by atoms with Crippen molar-refractivity contribution in [2.75, 3.05) is 46.7 Å². The van der Waals surface area contributed by atoms with Gasteiger partial charge in [-0.3, -0.25) is 19.3 Å². The number of primary amides is 1. The zero-order valence-corrected chi connectivity index (χ0v) is 27.3. The van der Waals surface area contributed by atoms with Gasteiger partial charge < -0.3 is 36.0 Å². The lowest BCUT2D eigenvalue weighted by molar-refractivity contribution is -0.153. The van der Waals surface area contributed by atoms with E-state index in [2.05, 4.69) is 0 Å². The highest BCUT2D eigenvalue weighted by Crippen LogP contribution is 2.54. The summed E-state index contributed by atoms with van der Waals surface area (Å²) < 4.78 is 41.7. The minimum Gasteiger partial charge on any atom is -0.508 e. The molecule has 14 heteroatoms. The van der Waals surface area contributed by atoms with Crippen molar-refractivity contribution in [1.82, 2.24) is 9.80 Å². The lowest BCUT2D eigenvalue weighted by Gasteiger charge is -2.50. The summed E-state index contributed by atoms with van der Waals surface area (Å²) in [4.78, 5) is 44.5. The third kappa shape index (κ3) is 5.51. The van der Waals surface area contributed by atoms with Crippen LogP contribution in [0.15, 0.2) is 35.1 Å². The van der Waals surface area contributed by atoms with Gasteiger partial charge in [-0.25, -0.2) is 13.2 Å². The Bertz CT molecular complexity index is 1770. The molecule has 2 aromatic carbocycles. The maximum absolute atomic E-state index is 14.2. The minimum atomic E-state index is -2.74. The number of hydrogen-bond donors (Lipinski definition) is 5. The number of aliphatic hydroxyl groups is 3. The summed E-state index contributed by atoms with van der Waals surface area (Å²) in [5, 5.41) is 46.1. The number of nitrogens with two attached hydrogens (primary N) is 1. The smallest absolute Gasteiger partial charge is 0.255 e. The van der Waals surface area contributed by atoms with Gasteiger partial charge in [-0.05, 0) is 76.5 Å². The highest BCUT2D eigenvalue weighted by molar-refractivity contribution is 6.24. The number of Topliss-reactive ketones (excluding diaryl/α,β-unsaturated/α-hetero) is 2. The number of amides is 1. The van der Waals surface area contributed by atoms with Gasteiger partial charge in [0.2, 0.25) is 5.78 Å². The van der Waals surface area contributed by atoms with Gasteiger partial charge in [0.1, 0.15) is 40.3 Å². The number of phenols is 1. The molecule has 0 saturated heterocycles. The molecule has 6 N–H and O–H groups in total. The number of hydrogen-bond acceptors (Lipinski definition) is 10. The molecule has 1 fully saturated rings. The van der Waals surface area contributed by atoms with Crippen molar-refractivity contribution in [1.29, 1.82) is 0 Å². The first-order chi connectivity index (χ1) is 22.4. The highest BCUT2D eigenvalue weighted by atomic mass is 19.1. The summed E-state index contributed by atoms with van der Waals surface area (Å²) in [5.74, 6) is -10.2. The molecule has 0 radical (unpaired) electrons. The number of halogens is 3. The van der Waals surface area contributed by atoms with Crippen molar-refractivity contribution in [3.8, 4) is 5.75 Å². The van der Waals surface area contributed by atoms with E-state index < -0.39 is 75.5 Å². The van der Waals surface area contributed by atoms with Crippen LogP contribution in [0.25, 0.3) is 5.76 Å². The monoisotopic (exact) mass is 672 g/mol. The van der Waals surface area contributed by atoms with Crippen LogP contribution in [0.4, 0.5) is 18.9 Å². The fourth-order valence-corrected chi connectivity index (χ4v) is 7.55. The van der Waals surface area contributed by atoms with Gasteiger partial charge in [0, 0.05) is 55.5 Å². The molecule has 3 aliphatic rings. The number of rotatable bonds is 9. The van der Waals surface area contributed by atoms with Crippen LogP contribution in [0.2, 0.25) is 0 Å². The predicted molar refractivity (Wildman–Crippen MR) is 170 cm³/mol. The van der Waals surface area contributed by atoms with Crippen LogP contribution in [0.5, 0.6) is 5.75 Å². The molecule has 0 spiro atoms. The number of ketones is 2. The first kappa shape index (κ1) is 34.9. The van der Waals surface area contributed by atoms with Crippen LogP contribution in [0.3, 0.4) is 0 Å². The molecule has 2 unspecified atom stereocenters. The normalized spacial score (nSPS) is 23.9. The molecule has 4 atom stereocenters. The topological polar surface area (TPSA) is 168 Å². The number of aryl methyl sites for hydroxylation is 1. The summed E-state index contributed by atoms with van der Waals surface area (Å²) in [5.41, 5.74) is 2.81. The Labute approximate surface area is 275 Å². The predicted octanol–water partition coefficient (Wildman–Crippen LogP) is 2.51. The molecule has 2 aromatic rings. The highest BCUT2D eigenvalue weighted by Gasteiger charge is 2.64. The summed E-state index contributed by atoms with van der Waals surface area (Å²) >= 11 is 0. The third-order valence-corrected chi connectivity index (χ3v) is 9.78. The summed E-state index contributed by atoms with van der Waals surface area (Å²) in [6.45, 7) is 0.197. The Balaban J connectivity index is 1.51. The van der Waals surface area contributed by atoms with Crippen LogP contribution in [0.1, 0.15) is 35.1 Å². The van der Waals surface area contributed by atoms with E-state index in [4.69, 9.17) is 5.73 Å². The van der Waals surface area contributed by atoms with Crippen LogP contribution >= 0.6 is 0 Å². The van der Waals surface area contributed by atoms with E-state index in [0.717, 1.165) is 0 Å². The van der Waals surface area contributed by atoms with E-state index in [0.29, 0.717) is 41.9 Å². The lowest BCUT2D eigenvalue weighted by Crippen LogP contribution is -2.65. The number of anilines is 1. The van der Waals surface area contributed by atoms with Crippen molar-refractivity contribution in [2.45, 2.75) is 43.9 Å². The first-order valence-electron chi connectivity index (χ1n) is 15.4. The van der Waals surface area contributed by atoms with E-state index in [1.165, 1.54) is 19.0 Å². The lowest BCUT2D eigenvalue weighted by atomic mass is 9.57. The average Bonchev–Trinajstić information content (AvgIpc) is 2.97. The SMILES string of the molecule is CN(CCCc1cc(N(C)C)c2c(c1O)C(O)=C1C(=O)[C@]3(O)C(O)=C(C(N)=O)C(=O)[C@@H](N(C)C)C3CC1C2)Cc1c(F)cc(F)cc1F. The number of phenolic OH excluding ortho intramolecular Hbond substituents is 1. The second-order valence-electron chi connectivity index (χ2n) is 13.3.